The van der Waals surface area contributed by atoms with Crippen LogP contribution in [0.4, 0.5) is 11.1 Å². The van der Waals surface area contributed by atoms with Gasteiger partial charge in [0.05, 0.1) is 0 Å². The quantitative estimate of drug-likeness (QED) is 0.727. The molecule has 2 heterocycles. The van der Waals surface area contributed by atoms with Crippen molar-refractivity contribution in [2.24, 2.45) is 0 Å². The summed E-state index contributed by atoms with van der Waals surface area (Å²) in [6.07, 6.45) is 1.34. The normalized spacial score (nSPS) is 16.9. The second-order valence-electron chi connectivity index (χ2n) is 3.08. The first kappa shape index (κ1) is 8.71. The van der Waals surface area contributed by atoms with Crippen molar-refractivity contribution >= 4 is 22.6 Å². The largest absolute Gasteiger partial charge is 0.367 e. The number of nitrogens with one attached hydrogen (secondary N) is 1. The van der Waals surface area contributed by atoms with Crippen LogP contribution in [0.25, 0.3) is 0 Å². The highest BCUT2D eigenvalue weighted by atomic mass is 32.1. The lowest BCUT2D eigenvalue weighted by Gasteiger charge is -2.30. The Kier molecular flexibility index (Phi) is 2.60. The maximum absolute atomic E-state index is 5.39. The first-order chi connectivity index (χ1) is 6.34. The van der Waals surface area contributed by atoms with Gasteiger partial charge in [-0.3, -0.25) is 0 Å². The van der Waals surface area contributed by atoms with Gasteiger partial charge in [-0.15, -0.1) is 0 Å². The molecule has 2 rings (SSSR count). The molecule has 1 aromatic rings. The maximum Gasteiger partial charge on any atom is 0.233 e. The Hall–Kier alpha value is -0.880. The molecule has 0 radical (unpaired) electrons. The molecule has 5 nitrogen and oxygen atoms in total. The van der Waals surface area contributed by atoms with Gasteiger partial charge in [0, 0.05) is 24.6 Å². The van der Waals surface area contributed by atoms with Crippen LogP contribution in [0.3, 0.4) is 0 Å². The van der Waals surface area contributed by atoms with E-state index in [2.05, 4.69) is 19.6 Å². The van der Waals surface area contributed by atoms with E-state index in [1.54, 1.807) is 0 Å². The maximum atomic E-state index is 5.39. The van der Waals surface area contributed by atoms with Crippen molar-refractivity contribution in [1.29, 1.82) is 0 Å². The highest BCUT2D eigenvalue weighted by Crippen LogP contribution is 2.11. The average Bonchev–Trinajstić information content (AvgIpc) is 2.42. The predicted molar refractivity (Wildman–Crippen MR) is 53.9 cm³/mol. The Morgan fingerprint density at radius 2 is 2.38 bits per heavy atom. The number of hydrogen-bond donors (Lipinski definition) is 2. The summed E-state index contributed by atoms with van der Waals surface area (Å²) in [5, 5.41) is 4.01. The number of rotatable bonds is 4. The lowest BCUT2D eigenvalue weighted by molar-refractivity contribution is 0.189. The molecule has 0 saturated carbocycles. The van der Waals surface area contributed by atoms with Gasteiger partial charge >= 0.3 is 0 Å². The summed E-state index contributed by atoms with van der Waals surface area (Å²) in [7, 11) is 0. The molecule has 13 heavy (non-hydrogen) atoms. The van der Waals surface area contributed by atoms with Gasteiger partial charge in [0.25, 0.3) is 0 Å². The molecular formula is C7H13N5S. The fraction of sp³-hybridized carbons (Fsp3) is 0.714. The van der Waals surface area contributed by atoms with Crippen molar-refractivity contribution in [2.45, 2.75) is 6.42 Å². The number of anilines is 2. The van der Waals surface area contributed by atoms with Crippen molar-refractivity contribution in [1.82, 2.24) is 14.3 Å². The molecule has 1 aliphatic heterocycles. The fourth-order valence-electron chi connectivity index (χ4n) is 1.23. The van der Waals surface area contributed by atoms with Crippen molar-refractivity contribution in [2.75, 3.05) is 37.2 Å². The van der Waals surface area contributed by atoms with Crippen LogP contribution >= 0.6 is 11.5 Å². The smallest absolute Gasteiger partial charge is 0.233 e. The minimum Gasteiger partial charge on any atom is -0.367 e. The van der Waals surface area contributed by atoms with E-state index in [0.717, 1.165) is 18.2 Å². The van der Waals surface area contributed by atoms with Crippen LogP contribution in [-0.4, -0.2) is 40.4 Å². The molecule has 6 heteroatoms. The minimum atomic E-state index is 0.358. The molecule has 0 aliphatic carbocycles. The van der Waals surface area contributed by atoms with Crippen molar-refractivity contribution < 1.29 is 0 Å². The molecule has 72 valence electrons. The first-order valence-electron chi connectivity index (χ1n) is 4.40. The van der Waals surface area contributed by atoms with E-state index >= 15 is 0 Å². The summed E-state index contributed by atoms with van der Waals surface area (Å²) in [5.74, 6) is 0.358. The van der Waals surface area contributed by atoms with Gasteiger partial charge in [0.15, 0.2) is 0 Å². The third-order valence-corrected chi connectivity index (χ3v) is 2.78. The second kappa shape index (κ2) is 3.89. The monoisotopic (exact) mass is 199 g/mol. The van der Waals surface area contributed by atoms with Crippen LogP contribution in [0.5, 0.6) is 0 Å². The standard InChI is InChI=1S/C7H13N5S/c8-6-10-7(13-11-6)9-2-5-12-3-1-4-12/h1-5H2,(H3,8,9,10,11). The molecule has 0 unspecified atom stereocenters. The van der Waals surface area contributed by atoms with Gasteiger partial charge in [-0.2, -0.15) is 9.36 Å². The molecule has 1 saturated heterocycles. The van der Waals surface area contributed by atoms with Crippen LogP contribution in [0.1, 0.15) is 6.42 Å². The summed E-state index contributed by atoms with van der Waals surface area (Å²) in [6, 6.07) is 0. The van der Waals surface area contributed by atoms with Crippen molar-refractivity contribution in [3.63, 3.8) is 0 Å². The number of aromatic nitrogens is 2. The average molecular weight is 199 g/mol. The van der Waals surface area contributed by atoms with E-state index < -0.39 is 0 Å². The van der Waals surface area contributed by atoms with Crippen LogP contribution in [0.2, 0.25) is 0 Å². The Morgan fingerprint density at radius 3 is 2.92 bits per heavy atom. The molecule has 0 amide bonds. The zero-order valence-electron chi connectivity index (χ0n) is 7.36. The number of hydrogen-bond acceptors (Lipinski definition) is 6. The summed E-state index contributed by atoms with van der Waals surface area (Å²) in [5.41, 5.74) is 5.39. The number of nitrogen functional groups attached to an aromatic ring is 1. The second-order valence-corrected chi connectivity index (χ2v) is 3.83. The topological polar surface area (TPSA) is 67.1 Å². The lowest BCUT2D eigenvalue weighted by Crippen LogP contribution is -2.40. The summed E-state index contributed by atoms with van der Waals surface area (Å²) >= 11 is 1.31. The van der Waals surface area contributed by atoms with E-state index in [1.807, 2.05) is 0 Å². The zero-order chi connectivity index (χ0) is 9.10. The third kappa shape index (κ3) is 2.28. The van der Waals surface area contributed by atoms with Crippen molar-refractivity contribution in [3.8, 4) is 0 Å². The van der Waals surface area contributed by atoms with Crippen molar-refractivity contribution in [3.05, 3.63) is 0 Å². The summed E-state index contributed by atoms with van der Waals surface area (Å²) in [4.78, 5) is 6.41. The van der Waals surface area contributed by atoms with Gasteiger partial charge in [-0.05, 0) is 19.5 Å². The van der Waals surface area contributed by atoms with E-state index in [1.165, 1.54) is 31.0 Å². The van der Waals surface area contributed by atoms with E-state index in [0.29, 0.717) is 5.95 Å². The van der Waals surface area contributed by atoms with Gasteiger partial charge < -0.3 is 16.0 Å². The van der Waals surface area contributed by atoms with E-state index in [-0.39, 0.29) is 0 Å². The zero-order valence-corrected chi connectivity index (χ0v) is 8.18. The summed E-state index contributed by atoms with van der Waals surface area (Å²) in [6.45, 7) is 4.48. The number of likely N-dealkylation sites (tertiary alicyclic amines) is 1. The van der Waals surface area contributed by atoms with Crippen LogP contribution in [-0.2, 0) is 0 Å². The fourth-order valence-corrected chi connectivity index (χ4v) is 1.75. The Morgan fingerprint density at radius 1 is 1.54 bits per heavy atom. The lowest BCUT2D eigenvalue weighted by atomic mass is 10.2. The first-order valence-corrected chi connectivity index (χ1v) is 5.17. The number of nitrogens with zero attached hydrogens (tertiary/aromatic N) is 3. The molecule has 3 N–H and O–H groups in total. The Balaban J connectivity index is 1.67. The van der Waals surface area contributed by atoms with Crippen LogP contribution in [0.15, 0.2) is 0 Å². The van der Waals surface area contributed by atoms with Crippen LogP contribution in [0, 0.1) is 0 Å². The van der Waals surface area contributed by atoms with Gasteiger partial charge in [0.1, 0.15) is 0 Å². The van der Waals surface area contributed by atoms with E-state index in [9.17, 15) is 0 Å². The Bertz CT molecular complexity index is 270. The SMILES string of the molecule is Nc1nsc(NCCN2CCC2)n1. The predicted octanol–water partition coefficient (Wildman–Crippen LogP) is 0.238. The van der Waals surface area contributed by atoms with E-state index in [4.69, 9.17) is 5.73 Å². The molecule has 0 aromatic carbocycles. The Labute approximate surface area is 81.1 Å². The van der Waals surface area contributed by atoms with Crippen LogP contribution < -0.4 is 11.1 Å². The molecule has 1 aromatic heterocycles. The number of nitrogens with two attached hydrogens (primary N) is 1. The highest BCUT2D eigenvalue weighted by Gasteiger charge is 2.12. The van der Waals surface area contributed by atoms with Gasteiger partial charge in [-0.25, -0.2) is 0 Å². The van der Waals surface area contributed by atoms with Gasteiger partial charge in [0.2, 0.25) is 11.1 Å². The molecular weight excluding hydrogens is 186 g/mol. The highest BCUT2D eigenvalue weighted by molar-refractivity contribution is 7.09. The molecule has 1 aliphatic rings. The minimum absolute atomic E-state index is 0.358. The third-order valence-electron chi connectivity index (χ3n) is 2.09. The molecule has 0 atom stereocenters. The molecule has 1 fully saturated rings. The summed E-state index contributed by atoms with van der Waals surface area (Å²) < 4.78 is 3.88. The molecule has 0 bridgehead atoms. The van der Waals surface area contributed by atoms with Gasteiger partial charge in [-0.1, -0.05) is 0 Å². The molecule has 0 spiro atoms.